The molecule has 12 nitrogen and oxygen atoms in total. The summed E-state index contributed by atoms with van der Waals surface area (Å²) < 4.78 is 52.7. The molecule has 3 fully saturated rings. The molecule has 4 aromatic rings. The van der Waals surface area contributed by atoms with E-state index in [0.717, 1.165) is 19.4 Å². The van der Waals surface area contributed by atoms with Gasteiger partial charge in [-0.25, -0.2) is 22.9 Å². The SMILES string of the molecule is C#CCNC(=O)N1C(CC)CN(c2nc(OCC3(CN4CCC(F)CC4)CC3)nc3c(F)c(-c4cc(O)cc5ccc(F)c(C#C)c45)nc(C#C)c23)CC1CC.O=CO. The Morgan fingerprint density at radius 1 is 1.03 bits per heavy atom. The van der Waals surface area contributed by atoms with Crippen LogP contribution in [0.5, 0.6) is 11.8 Å². The van der Waals surface area contributed by atoms with Crippen molar-refractivity contribution in [1.29, 1.82) is 0 Å². The van der Waals surface area contributed by atoms with Crippen molar-refractivity contribution in [3.8, 4) is 60.0 Å². The zero-order chi connectivity index (χ0) is 42.4. The molecule has 2 aromatic heterocycles. The number of terminal acetylenes is 3. The van der Waals surface area contributed by atoms with Crippen LogP contribution in [-0.4, -0.2) is 112 Å². The second-order valence-corrected chi connectivity index (χ2v) is 15.1. The minimum atomic E-state index is -0.895. The summed E-state index contributed by atoms with van der Waals surface area (Å²) in [6.07, 6.45) is 20.5. The van der Waals surface area contributed by atoms with Crippen molar-refractivity contribution < 1.29 is 37.7 Å². The van der Waals surface area contributed by atoms with Crippen molar-refractivity contribution in [3.05, 3.63) is 47.2 Å². The van der Waals surface area contributed by atoms with Gasteiger partial charge in [-0.2, -0.15) is 9.97 Å². The van der Waals surface area contributed by atoms with Gasteiger partial charge >= 0.3 is 12.0 Å². The lowest BCUT2D eigenvalue weighted by atomic mass is 9.95. The average Bonchev–Trinajstić information content (AvgIpc) is 4.01. The van der Waals surface area contributed by atoms with Gasteiger partial charge in [0, 0.05) is 49.1 Å². The van der Waals surface area contributed by atoms with Crippen molar-refractivity contribution in [3.63, 3.8) is 0 Å². The molecule has 1 saturated carbocycles. The molecule has 2 atom stereocenters. The van der Waals surface area contributed by atoms with Gasteiger partial charge < -0.3 is 35.0 Å². The van der Waals surface area contributed by atoms with Crippen LogP contribution in [0.3, 0.4) is 0 Å². The highest BCUT2D eigenvalue weighted by Gasteiger charge is 2.46. The van der Waals surface area contributed by atoms with Crippen molar-refractivity contribution in [2.45, 2.75) is 70.6 Å². The average molecular weight is 810 g/mol. The van der Waals surface area contributed by atoms with E-state index in [1.54, 1.807) is 0 Å². The molecule has 2 aromatic carbocycles. The summed E-state index contributed by atoms with van der Waals surface area (Å²) in [4.78, 5) is 41.9. The Kier molecular flexibility index (Phi) is 13.0. The highest BCUT2D eigenvalue weighted by Crippen LogP contribution is 2.47. The maximum atomic E-state index is 17.4. The number of phenolic OH excluding ortho intramolecular Hbond substituents is 1. The third-order valence-electron chi connectivity index (χ3n) is 11.3. The van der Waals surface area contributed by atoms with Gasteiger partial charge in [0.1, 0.15) is 40.5 Å². The number of alkyl halides is 1. The molecule has 7 rings (SSSR count). The maximum absolute atomic E-state index is 17.4. The fraction of sp³-hybridized carbons (Fsp3) is 0.432. The lowest BCUT2D eigenvalue weighted by molar-refractivity contribution is -0.122. The second kappa shape index (κ2) is 18.1. The van der Waals surface area contributed by atoms with Gasteiger partial charge in [-0.1, -0.05) is 31.8 Å². The highest BCUT2D eigenvalue weighted by molar-refractivity contribution is 6.04. The lowest BCUT2D eigenvalue weighted by Gasteiger charge is -2.47. The number of aromatic nitrogens is 3. The Bertz CT molecular complexity index is 2350. The molecule has 0 radical (unpaired) electrons. The molecule has 2 saturated heterocycles. The van der Waals surface area contributed by atoms with Crippen LogP contribution in [0.15, 0.2) is 24.3 Å². The van der Waals surface area contributed by atoms with E-state index in [4.69, 9.17) is 38.9 Å². The molecule has 1 aliphatic carbocycles. The Morgan fingerprint density at radius 3 is 2.31 bits per heavy atom. The van der Waals surface area contributed by atoms with E-state index in [2.05, 4.69) is 37.9 Å². The van der Waals surface area contributed by atoms with Gasteiger partial charge in [0.15, 0.2) is 5.82 Å². The van der Waals surface area contributed by atoms with E-state index in [9.17, 15) is 14.3 Å². The molecule has 0 bridgehead atoms. The van der Waals surface area contributed by atoms with Crippen molar-refractivity contribution in [1.82, 2.24) is 30.1 Å². The minimum absolute atomic E-state index is 0.0123. The third-order valence-corrected chi connectivity index (χ3v) is 11.3. The number of rotatable bonds is 10. The summed E-state index contributed by atoms with van der Waals surface area (Å²) in [7, 11) is 0. The number of hydrogen-bond donors (Lipinski definition) is 3. The number of carboxylic acid groups (broad SMARTS) is 1. The predicted octanol–water partition coefficient (Wildman–Crippen LogP) is 6.11. The number of halogens is 3. The van der Waals surface area contributed by atoms with Crippen LogP contribution in [0.2, 0.25) is 0 Å². The summed E-state index contributed by atoms with van der Waals surface area (Å²) in [5.74, 6) is 5.89. The molecule has 0 spiro atoms. The van der Waals surface area contributed by atoms with E-state index in [1.807, 2.05) is 23.6 Å². The number of carbonyl (C=O) groups is 2. The predicted molar refractivity (Wildman–Crippen MR) is 219 cm³/mol. The number of pyridine rings is 1. The fourth-order valence-corrected chi connectivity index (χ4v) is 8.17. The van der Waals surface area contributed by atoms with E-state index in [-0.39, 0.29) is 93.7 Å². The van der Waals surface area contributed by atoms with Crippen LogP contribution in [0.4, 0.5) is 23.8 Å². The topological polar surface area (TPSA) is 144 Å². The number of hydrogen-bond acceptors (Lipinski definition) is 9. The first kappa shape index (κ1) is 42.4. The number of piperidine rings is 1. The lowest BCUT2D eigenvalue weighted by Crippen LogP contribution is -2.62. The fourth-order valence-electron chi connectivity index (χ4n) is 8.17. The quantitative estimate of drug-likeness (QED) is 0.127. The number of carbonyl (C=O) groups excluding carboxylic acids is 1. The molecule has 59 heavy (non-hydrogen) atoms. The van der Waals surface area contributed by atoms with E-state index in [1.165, 1.54) is 24.3 Å². The zero-order valence-electron chi connectivity index (χ0n) is 33.0. The Labute approximate surface area is 341 Å². The minimum Gasteiger partial charge on any atom is -0.508 e. The number of piperazine rings is 1. The number of anilines is 1. The molecule has 15 heteroatoms. The number of urea groups is 1. The second-order valence-electron chi connectivity index (χ2n) is 15.1. The summed E-state index contributed by atoms with van der Waals surface area (Å²) in [6.45, 7) is 6.79. The summed E-state index contributed by atoms with van der Waals surface area (Å²) in [5.41, 5.74) is -0.724. The number of phenols is 1. The van der Waals surface area contributed by atoms with Crippen molar-refractivity contribution in [2.24, 2.45) is 5.41 Å². The Morgan fingerprint density at radius 2 is 1.71 bits per heavy atom. The normalized spacial score (nSPS) is 18.9. The number of nitrogens with one attached hydrogen (secondary N) is 1. The first-order valence-corrected chi connectivity index (χ1v) is 19.6. The van der Waals surface area contributed by atoms with Crippen LogP contribution in [0.1, 0.15) is 63.6 Å². The summed E-state index contributed by atoms with van der Waals surface area (Å²) in [5, 5.41) is 21.1. The number of amides is 2. The van der Waals surface area contributed by atoms with E-state index < -0.39 is 17.8 Å². The zero-order valence-corrected chi connectivity index (χ0v) is 33.0. The molecule has 4 heterocycles. The summed E-state index contributed by atoms with van der Waals surface area (Å²) >= 11 is 0. The largest absolute Gasteiger partial charge is 0.508 e. The monoisotopic (exact) mass is 809 g/mol. The van der Waals surface area contributed by atoms with Crippen molar-refractivity contribution in [2.75, 3.05) is 50.8 Å². The number of ether oxygens (including phenoxy) is 1. The van der Waals surface area contributed by atoms with Crippen molar-refractivity contribution >= 4 is 40.0 Å². The number of aromatic hydroxyl groups is 1. The van der Waals surface area contributed by atoms with Gasteiger partial charge in [0.25, 0.3) is 6.47 Å². The highest BCUT2D eigenvalue weighted by atomic mass is 19.1. The number of benzene rings is 2. The van der Waals surface area contributed by atoms with Crippen LogP contribution in [0, 0.1) is 54.1 Å². The molecular formula is C44H46F3N7O5. The third kappa shape index (κ3) is 8.79. The van der Waals surface area contributed by atoms with Gasteiger partial charge in [0.2, 0.25) is 0 Å². The van der Waals surface area contributed by atoms with Gasteiger partial charge in [-0.05, 0) is 68.0 Å². The smallest absolute Gasteiger partial charge is 0.319 e. The first-order valence-electron chi connectivity index (χ1n) is 19.6. The molecule has 2 amide bonds. The van der Waals surface area contributed by atoms with E-state index in [0.29, 0.717) is 63.1 Å². The van der Waals surface area contributed by atoms with Gasteiger partial charge in [-0.15, -0.1) is 19.3 Å². The van der Waals surface area contributed by atoms with E-state index >= 15 is 8.78 Å². The van der Waals surface area contributed by atoms with Crippen LogP contribution < -0.4 is 15.0 Å². The van der Waals surface area contributed by atoms with Crippen LogP contribution in [0.25, 0.3) is 32.9 Å². The maximum Gasteiger partial charge on any atom is 0.319 e. The molecule has 308 valence electrons. The molecular weight excluding hydrogens is 764 g/mol. The Hall–Kier alpha value is -6.24. The standard InChI is InChI=1S/C43H44F3N7O3.CH2O2/c1-6-17-47-42(55)53-28(7-2)22-52(23-29(53)8-3)40-36-34(10-5)48-38(32-21-30(54)20-26-11-12-33(45)31(9-4)35(26)32)37(46)39(36)49-41(50-40)56-25-43(15-16-43)24-51-18-13-27(44)14-19-51;2-1-3/h1,4-5,11-12,20-21,27-29,54H,7-8,13-19,22-25H2,2-3H3,(H,47,55);1H,(H,2,3). The molecule has 3 N–H and O–H groups in total. The summed E-state index contributed by atoms with van der Waals surface area (Å²) in [6, 6.07) is 4.40. The number of likely N-dealkylation sites (tertiary alicyclic amines) is 1. The molecule has 2 aliphatic heterocycles. The number of fused-ring (bicyclic) bond motifs is 2. The Balaban J connectivity index is 0.00000189. The van der Waals surface area contributed by atoms with Gasteiger partial charge in [-0.3, -0.25) is 4.79 Å². The number of nitrogens with zero attached hydrogens (tertiary/aromatic N) is 6. The molecule has 3 aliphatic rings. The van der Waals surface area contributed by atoms with Crippen LogP contribution in [-0.2, 0) is 4.79 Å². The first-order chi connectivity index (χ1) is 28.4. The van der Waals surface area contributed by atoms with Crippen LogP contribution >= 0.6 is 0 Å². The molecule has 2 unspecified atom stereocenters. The van der Waals surface area contributed by atoms with Gasteiger partial charge in [0.05, 0.1) is 36.2 Å².